The second kappa shape index (κ2) is 6.69. The predicted octanol–water partition coefficient (Wildman–Crippen LogP) is 2.74. The Balaban J connectivity index is 2.19. The molecule has 0 heterocycles. The second-order valence-corrected chi connectivity index (χ2v) is 6.22. The molecule has 0 aliphatic rings. The lowest BCUT2D eigenvalue weighted by molar-refractivity contribution is 0.580. The Morgan fingerprint density at radius 1 is 1.10 bits per heavy atom. The van der Waals surface area contributed by atoms with Gasteiger partial charge in [0.15, 0.2) is 0 Å². The molecule has 0 aliphatic heterocycles. The molecule has 0 fully saturated rings. The van der Waals surface area contributed by atoms with E-state index >= 15 is 0 Å². The van der Waals surface area contributed by atoms with Crippen molar-refractivity contribution in [2.24, 2.45) is 0 Å². The van der Waals surface area contributed by atoms with Gasteiger partial charge in [-0.3, -0.25) is 0 Å². The predicted molar refractivity (Wildman–Crippen MR) is 81.0 cm³/mol. The van der Waals surface area contributed by atoms with Crippen molar-refractivity contribution >= 4 is 15.7 Å². The van der Waals surface area contributed by atoms with Crippen LogP contribution < -0.4 is 10.0 Å². The number of hydrogen-bond acceptors (Lipinski definition) is 3. The monoisotopic (exact) mass is 308 g/mol. The minimum atomic E-state index is -3.66. The van der Waals surface area contributed by atoms with E-state index in [2.05, 4.69) is 10.0 Å². The highest BCUT2D eigenvalue weighted by atomic mass is 32.2. The van der Waals surface area contributed by atoms with Crippen molar-refractivity contribution in [1.29, 1.82) is 0 Å². The fraction of sp³-hybridized carbons (Fsp3) is 0.200. The summed E-state index contributed by atoms with van der Waals surface area (Å²) in [5, 5.41) is 3.01. The summed E-state index contributed by atoms with van der Waals surface area (Å²) < 4.78 is 40.3. The Morgan fingerprint density at radius 2 is 1.86 bits per heavy atom. The molecule has 2 aromatic rings. The number of halogens is 1. The van der Waals surface area contributed by atoms with Gasteiger partial charge in [-0.1, -0.05) is 24.3 Å². The van der Waals surface area contributed by atoms with Crippen LogP contribution in [0.1, 0.15) is 12.5 Å². The van der Waals surface area contributed by atoms with Crippen LogP contribution in [0.2, 0.25) is 0 Å². The Labute approximate surface area is 124 Å². The second-order valence-electron chi connectivity index (χ2n) is 4.48. The van der Waals surface area contributed by atoms with Crippen molar-refractivity contribution in [3.05, 3.63) is 59.9 Å². The van der Waals surface area contributed by atoms with Gasteiger partial charge in [-0.05, 0) is 36.8 Å². The standard InChI is InChI=1S/C15H17FN2O2S/c1-2-17-14-8-3-4-9-15(14)21(19,20)18-11-12-6-5-7-13(16)10-12/h3-10,17-18H,2,11H2,1H3. The van der Waals surface area contributed by atoms with Gasteiger partial charge < -0.3 is 5.32 Å². The van der Waals surface area contributed by atoms with Gasteiger partial charge in [0, 0.05) is 13.1 Å². The smallest absolute Gasteiger partial charge is 0.242 e. The molecule has 2 rings (SSSR count). The van der Waals surface area contributed by atoms with Crippen LogP contribution in [-0.2, 0) is 16.6 Å². The zero-order valence-electron chi connectivity index (χ0n) is 11.6. The van der Waals surface area contributed by atoms with E-state index in [1.54, 1.807) is 30.3 Å². The Bertz CT molecular complexity index is 717. The fourth-order valence-electron chi connectivity index (χ4n) is 1.94. The van der Waals surface area contributed by atoms with Crippen LogP contribution >= 0.6 is 0 Å². The van der Waals surface area contributed by atoms with Crippen LogP contribution in [0.4, 0.5) is 10.1 Å². The molecule has 0 radical (unpaired) electrons. The lowest BCUT2D eigenvalue weighted by Gasteiger charge is -2.12. The van der Waals surface area contributed by atoms with Crippen LogP contribution in [-0.4, -0.2) is 15.0 Å². The quantitative estimate of drug-likeness (QED) is 0.862. The van der Waals surface area contributed by atoms with Crippen molar-refractivity contribution in [3.8, 4) is 0 Å². The van der Waals surface area contributed by atoms with E-state index in [0.29, 0.717) is 17.8 Å². The third-order valence-electron chi connectivity index (χ3n) is 2.90. The first-order chi connectivity index (χ1) is 10.0. The number of anilines is 1. The largest absolute Gasteiger partial charge is 0.384 e. The highest BCUT2D eigenvalue weighted by molar-refractivity contribution is 7.89. The van der Waals surface area contributed by atoms with Crippen molar-refractivity contribution in [2.75, 3.05) is 11.9 Å². The molecule has 0 bridgehead atoms. The summed E-state index contributed by atoms with van der Waals surface area (Å²) >= 11 is 0. The maximum Gasteiger partial charge on any atom is 0.242 e. The molecule has 0 saturated carbocycles. The van der Waals surface area contributed by atoms with Crippen molar-refractivity contribution in [3.63, 3.8) is 0 Å². The Kier molecular flexibility index (Phi) is 4.93. The summed E-state index contributed by atoms with van der Waals surface area (Å²) in [6.07, 6.45) is 0. The van der Waals surface area contributed by atoms with Gasteiger partial charge in [0.25, 0.3) is 0 Å². The summed E-state index contributed by atoms with van der Waals surface area (Å²) in [6.45, 7) is 2.56. The number of benzene rings is 2. The SMILES string of the molecule is CCNc1ccccc1S(=O)(=O)NCc1cccc(F)c1. The van der Waals surface area contributed by atoms with Crippen molar-refractivity contribution < 1.29 is 12.8 Å². The number of nitrogens with one attached hydrogen (secondary N) is 2. The first kappa shape index (κ1) is 15.5. The van der Waals surface area contributed by atoms with Crippen LogP contribution in [0.3, 0.4) is 0 Å². The van der Waals surface area contributed by atoms with Gasteiger partial charge in [-0.25, -0.2) is 17.5 Å². The molecule has 0 spiro atoms. The number of para-hydroxylation sites is 1. The minimum Gasteiger partial charge on any atom is -0.384 e. The van der Waals surface area contributed by atoms with E-state index in [1.807, 2.05) is 6.92 Å². The fourth-order valence-corrected chi connectivity index (χ4v) is 3.14. The molecule has 0 unspecified atom stereocenters. The maximum atomic E-state index is 13.1. The molecular weight excluding hydrogens is 291 g/mol. The minimum absolute atomic E-state index is 0.0422. The highest BCUT2D eigenvalue weighted by Gasteiger charge is 2.17. The normalized spacial score (nSPS) is 11.3. The summed E-state index contributed by atoms with van der Waals surface area (Å²) in [6, 6.07) is 12.5. The molecular formula is C15H17FN2O2S. The van der Waals surface area contributed by atoms with Gasteiger partial charge in [0.1, 0.15) is 10.7 Å². The lowest BCUT2D eigenvalue weighted by Crippen LogP contribution is -2.24. The molecule has 2 aromatic carbocycles. The van der Waals surface area contributed by atoms with Gasteiger partial charge in [0.05, 0.1) is 5.69 Å². The van der Waals surface area contributed by atoms with E-state index in [4.69, 9.17) is 0 Å². The maximum absolute atomic E-state index is 13.1. The van der Waals surface area contributed by atoms with E-state index in [-0.39, 0.29) is 17.3 Å². The molecule has 2 N–H and O–H groups in total. The van der Waals surface area contributed by atoms with E-state index < -0.39 is 10.0 Å². The summed E-state index contributed by atoms with van der Waals surface area (Å²) in [5.74, 6) is -0.389. The molecule has 6 heteroatoms. The topological polar surface area (TPSA) is 58.2 Å². The van der Waals surface area contributed by atoms with E-state index in [9.17, 15) is 12.8 Å². The highest BCUT2D eigenvalue weighted by Crippen LogP contribution is 2.20. The molecule has 0 saturated heterocycles. The molecule has 0 aromatic heterocycles. The first-order valence-corrected chi connectivity index (χ1v) is 8.08. The molecule has 4 nitrogen and oxygen atoms in total. The number of hydrogen-bond donors (Lipinski definition) is 2. The van der Waals surface area contributed by atoms with Crippen molar-refractivity contribution in [2.45, 2.75) is 18.4 Å². The molecule has 21 heavy (non-hydrogen) atoms. The Morgan fingerprint density at radius 3 is 2.57 bits per heavy atom. The van der Waals surface area contributed by atoms with Gasteiger partial charge in [0.2, 0.25) is 10.0 Å². The van der Waals surface area contributed by atoms with Gasteiger partial charge >= 0.3 is 0 Å². The number of rotatable bonds is 6. The van der Waals surface area contributed by atoms with Gasteiger partial charge in [-0.2, -0.15) is 0 Å². The first-order valence-electron chi connectivity index (χ1n) is 6.60. The number of sulfonamides is 1. The zero-order chi connectivity index (χ0) is 15.3. The average molecular weight is 308 g/mol. The van der Waals surface area contributed by atoms with Crippen molar-refractivity contribution in [1.82, 2.24) is 4.72 Å². The van der Waals surface area contributed by atoms with Crippen LogP contribution in [0, 0.1) is 5.82 Å². The van der Waals surface area contributed by atoms with Crippen LogP contribution in [0.25, 0.3) is 0 Å². The zero-order valence-corrected chi connectivity index (χ0v) is 12.5. The van der Waals surface area contributed by atoms with Crippen LogP contribution in [0.15, 0.2) is 53.4 Å². The molecule has 0 atom stereocenters. The molecule has 112 valence electrons. The van der Waals surface area contributed by atoms with Gasteiger partial charge in [-0.15, -0.1) is 0 Å². The third kappa shape index (κ3) is 4.03. The average Bonchev–Trinajstić information content (AvgIpc) is 2.46. The summed E-state index contributed by atoms with van der Waals surface area (Å²) in [4.78, 5) is 0.184. The van der Waals surface area contributed by atoms with E-state index in [0.717, 1.165) is 0 Å². The lowest BCUT2D eigenvalue weighted by atomic mass is 10.2. The molecule has 0 amide bonds. The third-order valence-corrected chi connectivity index (χ3v) is 4.36. The summed E-state index contributed by atoms with van der Waals surface area (Å²) in [5.41, 5.74) is 1.12. The summed E-state index contributed by atoms with van der Waals surface area (Å²) in [7, 11) is -3.66. The molecule has 0 aliphatic carbocycles. The van der Waals surface area contributed by atoms with Crippen LogP contribution in [0.5, 0.6) is 0 Å². The Hall–Kier alpha value is -1.92. The van der Waals surface area contributed by atoms with E-state index in [1.165, 1.54) is 18.2 Å².